The smallest absolute Gasteiger partial charge is 0.331 e. The number of nitrogens with one attached hydrogen (secondary N) is 1. The van der Waals surface area contributed by atoms with Crippen LogP contribution in [0.3, 0.4) is 0 Å². The molecule has 0 saturated heterocycles. The Labute approximate surface area is 175 Å². The second-order valence-electron chi connectivity index (χ2n) is 6.39. The van der Waals surface area contributed by atoms with Gasteiger partial charge in [-0.1, -0.05) is 36.4 Å². The Morgan fingerprint density at radius 3 is 2.53 bits per heavy atom. The van der Waals surface area contributed by atoms with E-state index in [0.717, 1.165) is 16.3 Å². The number of carbonyl (C=O) groups excluding carboxylic acids is 2. The van der Waals surface area contributed by atoms with Gasteiger partial charge in [-0.15, -0.1) is 0 Å². The zero-order valence-electron chi connectivity index (χ0n) is 16.9. The number of ether oxygens (including phenoxy) is 3. The van der Waals surface area contributed by atoms with E-state index in [4.69, 9.17) is 14.2 Å². The topological polar surface area (TPSA) is 73.9 Å². The van der Waals surface area contributed by atoms with Gasteiger partial charge in [-0.05, 0) is 53.6 Å². The molecule has 0 radical (unpaired) electrons. The van der Waals surface area contributed by atoms with Crippen molar-refractivity contribution in [2.75, 3.05) is 25.6 Å². The van der Waals surface area contributed by atoms with Gasteiger partial charge in [0, 0.05) is 11.8 Å². The van der Waals surface area contributed by atoms with Crippen LogP contribution in [-0.2, 0) is 14.3 Å². The van der Waals surface area contributed by atoms with Crippen molar-refractivity contribution in [1.82, 2.24) is 0 Å². The molecule has 0 aromatic heterocycles. The molecule has 30 heavy (non-hydrogen) atoms. The van der Waals surface area contributed by atoms with E-state index in [9.17, 15) is 9.59 Å². The van der Waals surface area contributed by atoms with E-state index in [-0.39, 0.29) is 6.61 Å². The Kier molecular flexibility index (Phi) is 7.05. The van der Waals surface area contributed by atoms with E-state index >= 15 is 0 Å². The number of carbonyl (C=O) groups is 2. The van der Waals surface area contributed by atoms with Crippen LogP contribution >= 0.6 is 0 Å². The number of methoxy groups -OCH3 is 1. The minimum Gasteiger partial charge on any atom is -0.493 e. The molecule has 1 amide bonds. The molecule has 0 atom stereocenters. The molecule has 0 unspecified atom stereocenters. The number of rotatable bonds is 8. The first-order valence-electron chi connectivity index (χ1n) is 9.53. The van der Waals surface area contributed by atoms with Gasteiger partial charge in [0.25, 0.3) is 5.91 Å². The van der Waals surface area contributed by atoms with Crippen molar-refractivity contribution in [3.05, 3.63) is 72.3 Å². The zero-order chi connectivity index (χ0) is 21.3. The number of hydrogen-bond donors (Lipinski definition) is 1. The van der Waals surface area contributed by atoms with Crippen LogP contribution in [0, 0.1) is 0 Å². The first-order valence-corrected chi connectivity index (χ1v) is 9.53. The molecule has 0 spiro atoms. The number of fused-ring (bicyclic) bond motifs is 1. The Hall–Kier alpha value is -3.80. The molecule has 0 aliphatic rings. The molecule has 0 saturated carbocycles. The Morgan fingerprint density at radius 2 is 1.77 bits per heavy atom. The van der Waals surface area contributed by atoms with Crippen LogP contribution in [0.2, 0.25) is 0 Å². The van der Waals surface area contributed by atoms with Gasteiger partial charge in [0.15, 0.2) is 18.1 Å². The molecule has 0 heterocycles. The second-order valence-corrected chi connectivity index (χ2v) is 6.39. The van der Waals surface area contributed by atoms with Crippen LogP contribution in [-0.4, -0.2) is 32.2 Å². The first-order chi connectivity index (χ1) is 14.6. The van der Waals surface area contributed by atoms with E-state index < -0.39 is 11.9 Å². The summed E-state index contributed by atoms with van der Waals surface area (Å²) in [6.45, 7) is 2.00. The lowest BCUT2D eigenvalue weighted by Gasteiger charge is -2.09. The van der Waals surface area contributed by atoms with E-state index in [1.54, 1.807) is 31.4 Å². The average molecular weight is 405 g/mol. The van der Waals surface area contributed by atoms with Crippen LogP contribution in [0.15, 0.2) is 66.7 Å². The average Bonchev–Trinajstić information content (AvgIpc) is 2.76. The quantitative estimate of drug-likeness (QED) is 0.443. The van der Waals surface area contributed by atoms with Crippen molar-refractivity contribution < 1.29 is 23.8 Å². The number of esters is 1. The first kappa shape index (κ1) is 20.9. The molecule has 6 nitrogen and oxygen atoms in total. The summed E-state index contributed by atoms with van der Waals surface area (Å²) >= 11 is 0. The van der Waals surface area contributed by atoms with Gasteiger partial charge in [0.1, 0.15) is 0 Å². The molecule has 3 aromatic rings. The summed E-state index contributed by atoms with van der Waals surface area (Å²) in [5.41, 5.74) is 1.39. The molecule has 3 aromatic carbocycles. The van der Waals surface area contributed by atoms with Crippen molar-refractivity contribution in [3.63, 3.8) is 0 Å². The predicted molar refractivity (Wildman–Crippen MR) is 117 cm³/mol. The minimum atomic E-state index is -0.613. The van der Waals surface area contributed by atoms with Crippen LogP contribution in [0.25, 0.3) is 16.8 Å². The Bertz CT molecular complexity index is 1070. The lowest BCUT2D eigenvalue weighted by Crippen LogP contribution is -2.20. The molecule has 3 rings (SSSR count). The fourth-order valence-corrected chi connectivity index (χ4v) is 2.88. The Balaban J connectivity index is 1.53. The SMILES string of the molecule is CCOc1cc(/C=C/C(=O)OCC(=O)Nc2ccc3ccccc3c2)ccc1OC. The van der Waals surface area contributed by atoms with Crippen LogP contribution < -0.4 is 14.8 Å². The highest BCUT2D eigenvalue weighted by Gasteiger charge is 2.07. The zero-order valence-corrected chi connectivity index (χ0v) is 16.9. The third kappa shape index (κ3) is 5.61. The predicted octanol–water partition coefficient (Wildman–Crippen LogP) is 4.44. The molecule has 6 heteroatoms. The summed E-state index contributed by atoms with van der Waals surface area (Å²) in [6.07, 6.45) is 2.85. The van der Waals surface area contributed by atoms with E-state index in [2.05, 4.69) is 5.32 Å². The van der Waals surface area contributed by atoms with E-state index in [0.29, 0.717) is 23.8 Å². The van der Waals surface area contributed by atoms with Crippen molar-refractivity contribution in [2.24, 2.45) is 0 Å². The van der Waals surface area contributed by atoms with E-state index in [1.165, 1.54) is 6.08 Å². The minimum absolute atomic E-state index is 0.372. The van der Waals surface area contributed by atoms with Crippen molar-refractivity contribution in [1.29, 1.82) is 0 Å². The van der Waals surface area contributed by atoms with Gasteiger partial charge in [0.2, 0.25) is 0 Å². The Morgan fingerprint density at radius 1 is 0.967 bits per heavy atom. The molecule has 154 valence electrons. The summed E-state index contributed by atoms with van der Waals surface area (Å²) < 4.78 is 15.8. The second kappa shape index (κ2) is 10.1. The van der Waals surface area contributed by atoms with Crippen molar-refractivity contribution in [2.45, 2.75) is 6.92 Å². The molecule has 1 N–H and O–H groups in total. The molecular weight excluding hydrogens is 382 g/mol. The number of hydrogen-bond acceptors (Lipinski definition) is 5. The molecule has 0 fully saturated rings. The van der Waals surface area contributed by atoms with Gasteiger partial charge in [-0.3, -0.25) is 4.79 Å². The van der Waals surface area contributed by atoms with Crippen LogP contribution in [0.1, 0.15) is 12.5 Å². The number of anilines is 1. The van der Waals surface area contributed by atoms with Crippen molar-refractivity contribution in [3.8, 4) is 11.5 Å². The summed E-state index contributed by atoms with van der Waals surface area (Å²) in [5, 5.41) is 4.82. The fourth-order valence-electron chi connectivity index (χ4n) is 2.88. The van der Waals surface area contributed by atoms with Crippen LogP contribution in [0.5, 0.6) is 11.5 Å². The van der Waals surface area contributed by atoms with Gasteiger partial charge in [-0.25, -0.2) is 4.79 Å². The standard InChI is InChI=1S/C24H23NO5/c1-3-29-22-14-17(8-12-21(22)28-2)9-13-24(27)30-16-23(26)25-20-11-10-18-6-4-5-7-19(18)15-20/h4-15H,3,16H2,1-2H3,(H,25,26)/b13-9+. The summed E-state index contributed by atoms with van der Waals surface area (Å²) in [7, 11) is 1.56. The maximum absolute atomic E-state index is 12.1. The lowest BCUT2D eigenvalue weighted by atomic mass is 10.1. The van der Waals surface area contributed by atoms with Gasteiger partial charge in [-0.2, -0.15) is 0 Å². The van der Waals surface area contributed by atoms with Crippen molar-refractivity contribution >= 4 is 34.4 Å². The van der Waals surface area contributed by atoms with E-state index in [1.807, 2.05) is 49.4 Å². The highest BCUT2D eigenvalue weighted by Crippen LogP contribution is 2.28. The van der Waals surface area contributed by atoms with Gasteiger partial charge in [0.05, 0.1) is 13.7 Å². The normalized spacial score (nSPS) is 10.7. The third-order valence-corrected chi connectivity index (χ3v) is 4.28. The lowest BCUT2D eigenvalue weighted by molar-refractivity contribution is -0.142. The number of amides is 1. The highest BCUT2D eigenvalue weighted by molar-refractivity contribution is 5.96. The maximum Gasteiger partial charge on any atom is 0.331 e. The number of benzene rings is 3. The molecular formula is C24H23NO5. The fraction of sp³-hybridized carbons (Fsp3) is 0.167. The van der Waals surface area contributed by atoms with Gasteiger partial charge >= 0.3 is 5.97 Å². The molecule has 0 aliphatic carbocycles. The van der Waals surface area contributed by atoms with Gasteiger partial charge < -0.3 is 19.5 Å². The summed E-state index contributed by atoms with van der Waals surface area (Å²) in [4.78, 5) is 24.0. The molecule has 0 bridgehead atoms. The maximum atomic E-state index is 12.1. The highest BCUT2D eigenvalue weighted by atomic mass is 16.5. The summed E-state index contributed by atoms with van der Waals surface area (Å²) in [6, 6.07) is 18.8. The monoisotopic (exact) mass is 405 g/mol. The van der Waals surface area contributed by atoms with Crippen LogP contribution in [0.4, 0.5) is 5.69 Å². The molecule has 0 aliphatic heterocycles. The summed E-state index contributed by atoms with van der Waals surface area (Å²) in [5.74, 6) is 0.180. The third-order valence-electron chi connectivity index (χ3n) is 4.28. The largest absolute Gasteiger partial charge is 0.493 e.